The molecule has 0 fully saturated rings. The van der Waals surface area contributed by atoms with Crippen LogP contribution in [0.5, 0.6) is 0 Å². The number of hydrogen-bond acceptors (Lipinski definition) is 6. The normalized spacial score (nSPS) is 12.2. The minimum absolute atomic E-state index is 0.0519. The number of nitrogens with zero attached hydrogens (tertiary/aromatic N) is 4. The van der Waals surface area contributed by atoms with Gasteiger partial charge in [-0.1, -0.05) is 0 Å². The van der Waals surface area contributed by atoms with E-state index in [4.69, 9.17) is 0 Å². The van der Waals surface area contributed by atoms with Gasteiger partial charge in [-0.15, -0.1) is 11.3 Å². The Labute approximate surface area is 123 Å². The molecule has 3 rings (SSSR count). The van der Waals surface area contributed by atoms with E-state index in [0.717, 1.165) is 11.5 Å². The molecule has 110 valence electrons. The summed E-state index contributed by atoms with van der Waals surface area (Å²) in [6.07, 6.45) is -3.17. The van der Waals surface area contributed by atoms with Crippen LogP contribution in [-0.2, 0) is 12.7 Å². The van der Waals surface area contributed by atoms with Crippen molar-refractivity contribution in [3.05, 3.63) is 38.5 Å². The molecular formula is C11H7F3N4OS2. The standard InChI is InChI=1S/C11H7F3N4OS2/c1-5-7-8(21-17-5)15-4-18(9(7)19)2-6-3-20-10(16-6)11(12,13)14/h3-4H,2H2,1H3. The lowest BCUT2D eigenvalue weighted by atomic mass is 10.3. The molecular weight excluding hydrogens is 325 g/mol. The van der Waals surface area contributed by atoms with Gasteiger partial charge in [0.1, 0.15) is 0 Å². The Hall–Kier alpha value is -1.81. The number of rotatable bonds is 2. The number of hydrogen-bond donors (Lipinski definition) is 0. The molecule has 21 heavy (non-hydrogen) atoms. The molecule has 0 unspecified atom stereocenters. The molecule has 0 radical (unpaired) electrons. The molecule has 0 aromatic carbocycles. The largest absolute Gasteiger partial charge is 0.443 e. The predicted molar refractivity (Wildman–Crippen MR) is 72.6 cm³/mol. The summed E-state index contributed by atoms with van der Waals surface area (Å²) in [6, 6.07) is 0. The number of aromatic nitrogens is 4. The maximum Gasteiger partial charge on any atom is 0.443 e. The zero-order valence-electron chi connectivity index (χ0n) is 10.5. The predicted octanol–water partition coefficient (Wildman–Crippen LogP) is 2.69. The molecule has 10 heteroatoms. The zero-order chi connectivity index (χ0) is 15.2. The second-order valence-electron chi connectivity index (χ2n) is 4.27. The van der Waals surface area contributed by atoms with E-state index in [1.54, 1.807) is 6.92 Å². The fourth-order valence-electron chi connectivity index (χ4n) is 1.81. The van der Waals surface area contributed by atoms with Gasteiger partial charge in [-0.2, -0.15) is 17.5 Å². The fraction of sp³-hybridized carbons (Fsp3) is 0.273. The SMILES string of the molecule is Cc1nsc2ncn(Cc3csc(C(F)(F)F)n3)c(=O)c12. The second-order valence-corrected chi connectivity index (χ2v) is 5.88. The van der Waals surface area contributed by atoms with Crippen LogP contribution in [0.15, 0.2) is 16.5 Å². The van der Waals surface area contributed by atoms with Crippen LogP contribution in [-0.4, -0.2) is 18.9 Å². The van der Waals surface area contributed by atoms with E-state index in [2.05, 4.69) is 14.3 Å². The Bertz CT molecular complexity index is 864. The summed E-state index contributed by atoms with van der Waals surface area (Å²) in [4.78, 5) is 20.4. The highest BCUT2D eigenvalue weighted by molar-refractivity contribution is 7.12. The number of fused-ring (bicyclic) bond motifs is 1. The van der Waals surface area contributed by atoms with Crippen LogP contribution in [0.1, 0.15) is 16.4 Å². The molecule has 0 amide bonds. The Morgan fingerprint density at radius 3 is 2.81 bits per heavy atom. The highest BCUT2D eigenvalue weighted by Gasteiger charge is 2.34. The van der Waals surface area contributed by atoms with Crippen molar-refractivity contribution >= 4 is 33.1 Å². The van der Waals surface area contributed by atoms with Crippen LogP contribution < -0.4 is 5.56 Å². The van der Waals surface area contributed by atoms with Gasteiger partial charge in [0, 0.05) is 5.38 Å². The average Bonchev–Trinajstić information content (AvgIpc) is 3.00. The first kappa shape index (κ1) is 14.1. The first-order valence-electron chi connectivity index (χ1n) is 5.69. The van der Waals surface area contributed by atoms with E-state index in [-0.39, 0.29) is 17.8 Å². The van der Waals surface area contributed by atoms with E-state index in [1.165, 1.54) is 16.3 Å². The highest BCUT2D eigenvalue weighted by atomic mass is 32.1. The third-order valence-corrected chi connectivity index (χ3v) is 4.54. The molecule has 0 N–H and O–H groups in total. The lowest BCUT2D eigenvalue weighted by Gasteiger charge is -2.03. The van der Waals surface area contributed by atoms with Crippen molar-refractivity contribution < 1.29 is 13.2 Å². The lowest BCUT2D eigenvalue weighted by Crippen LogP contribution is -2.21. The Morgan fingerprint density at radius 2 is 2.14 bits per heavy atom. The summed E-state index contributed by atoms with van der Waals surface area (Å²) in [5.74, 6) is 0. The van der Waals surface area contributed by atoms with Gasteiger partial charge in [-0.05, 0) is 18.5 Å². The van der Waals surface area contributed by atoms with Crippen LogP contribution in [0.3, 0.4) is 0 Å². The van der Waals surface area contributed by atoms with Gasteiger partial charge in [-0.25, -0.2) is 9.97 Å². The smallest absolute Gasteiger partial charge is 0.292 e. The topological polar surface area (TPSA) is 60.7 Å². The van der Waals surface area contributed by atoms with Gasteiger partial charge >= 0.3 is 6.18 Å². The Morgan fingerprint density at radius 1 is 1.38 bits per heavy atom. The van der Waals surface area contributed by atoms with Crippen molar-refractivity contribution in [2.24, 2.45) is 0 Å². The van der Waals surface area contributed by atoms with E-state index in [1.807, 2.05) is 0 Å². The van der Waals surface area contributed by atoms with Crippen molar-refractivity contribution in [2.45, 2.75) is 19.6 Å². The molecule has 0 aliphatic heterocycles. The van der Waals surface area contributed by atoms with E-state index >= 15 is 0 Å². The molecule has 0 aliphatic rings. The minimum atomic E-state index is -4.47. The molecule has 0 saturated heterocycles. The molecule has 3 aromatic heterocycles. The summed E-state index contributed by atoms with van der Waals surface area (Å²) in [7, 11) is 0. The quantitative estimate of drug-likeness (QED) is 0.724. The number of thiazole rings is 1. The third kappa shape index (κ3) is 2.56. The van der Waals surface area contributed by atoms with Gasteiger partial charge in [0.05, 0.1) is 29.6 Å². The summed E-state index contributed by atoms with van der Waals surface area (Å²) in [6.45, 7) is 1.64. The molecule has 3 aromatic rings. The molecule has 0 bridgehead atoms. The summed E-state index contributed by atoms with van der Waals surface area (Å²) < 4.78 is 42.8. The average molecular weight is 332 g/mol. The molecule has 3 heterocycles. The number of halogens is 3. The molecule has 0 atom stereocenters. The minimum Gasteiger partial charge on any atom is -0.292 e. The van der Waals surface area contributed by atoms with Gasteiger partial charge < -0.3 is 0 Å². The summed E-state index contributed by atoms with van der Waals surface area (Å²) >= 11 is 1.62. The van der Waals surface area contributed by atoms with Gasteiger partial charge in [0.2, 0.25) is 0 Å². The summed E-state index contributed by atoms with van der Waals surface area (Å²) in [5.41, 5.74) is 0.417. The van der Waals surface area contributed by atoms with Gasteiger partial charge in [0.15, 0.2) is 9.84 Å². The van der Waals surface area contributed by atoms with Crippen molar-refractivity contribution in [1.82, 2.24) is 18.9 Å². The zero-order valence-corrected chi connectivity index (χ0v) is 12.1. The van der Waals surface area contributed by atoms with E-state index in [9.17, 15) is 18.0 Å². The van der Waals surface area contributed by atoms with Crippen LogP contribution in [0, 0.1) is 6.92 Å². The fourth-order valence-corrected chi connectivity index (χ4v) is 3.22. The highest BCUT2D eigenvalue weighted by Crippen LogP contribution is 2.31. The lowest BCUT2D eigenvalue weighted by molar-refractivity contribution is -0.137. The van der Waals surface area contributed by atoms with Crippen molar-refractivity contribution in [3.8, 4) is 0 Å². The van der Waals surface area contributed by atoms with E-state index < -0.39 is 11.2 Å². The first-order valence-corrected chi connectivity index (χ1v) is 7.34. The maximum absolute atomic E-state index is 12.5. The monoisotopic (exact) mass is 332 g/mol. The van der Waals surface area contributed by atoms with Gasteiger partial charge in [-0.3, -0.25) is 9.36 Å². The van der Waals surface area contributed by atoms with Crippen molar-refractivity contribution in [3.63, 3.8) is 0 Å². The Kier molecular flexibility index (Phi) is 3.29. The van der Waals surface area contributed by atoms with Crippen molar-refractivity contribution in [1.29, 1.82) is 0 Å². The number of alkyl halides is 3. The third-order valence-electron chi connectivity index (χ3n) is 2.76. The van der Waals surface area contributed by atoms with Crippen LogP contribution in [0.25, 0.3) is 10.2 Å². The maximum atomic E-state index is 12.5. The van der Waals surface area contributed by atoms with Crippen LogP contribution in [0.2, 0.25) is 0 Å². The Balaban J connectivity index is 1.99. The summed E-state index contributed by atoms with van der Waals surface area (Å²) in [5, 5.41) is 0.764. The molecule has 0 spiro atoms. The second kappa shape index (κ2) is 4.88. The van der Waals surface area contributed by atoms with Crippen LogP contribution in [0.4, 0.5) is 13.2 Å². The van der Waals surface area contributed by atoms with Crippen molar-refractivity contribution in [2.75, 3.05) is 0 Å². The van der Waals surface area contributed by atoms with E-state index in [0.29, 0.717) is 27.2 Å². The molecule has 0 aliphatic carbocycles. The molecule has 5 nitrogen and oxygen atoms in total. The van der Waals surface area contributed by atoms with Gasteiger partial charge in [0.25, 0.3) is 5.56 Å². The van der Waals surface area contributed by atoms with Crippen LogP contribution >= 0.6 is 22.9 Å². The molecule has 0 saturated carbocycles. The first-order chi connectivity index (χ1) is 9.86. The number of aryl methyl sites for hydroxylation is 1.